The first kappa shape index (κ1) is 14.3. The van der Waals surface area contributed by atoms with E-state index in [1.165, 1.54) is 11.3 Å². The van der Waals surface area contributed by atoms with Gasteiger partial charge in [0.15, 0.2) is 0 Å². The molecule has 1 saturated heterocycles. The molecule has 1 aliphatic heterocycles. The maximum atomic E-state index is 11.0. The molecule has 21 heavy (non-hydrogen) atoms. The van der Waals surface area contributed by atoms with Gasteiger partial charge in [0.2, 0.25) is 0 Å². The van der Waals surface area contributed by atoms with Crippen LogP contribution in [0.4, 0.5) is 0 Å². The molecule has 3 rings (SSSR count). The molecule has 0 spiro atoms. The lowest BCUT2D eigenvalue weighted by molar-refractivity contribution is 0.0322. The van der Waals surface area contributed by atoms with Gasteiger partial charge in [-0.1, -0.05) is 0 Å². The number of morpholine rings is 1. The molecule has 1 fully saturated rings. The van der Waals surface area contributed by atoms with Crippen LogP contribution in [0.3, 0.4) is 0 Å². The second-order valence-electron chi connectivity index (χ2n) is 4.92. The molecule has 112 valence electrons. The number of hydrogen-bond acceptors (Lipinski definition) is 5. The van der Waals surface area contributed by atoms with Crippen LogP contribution in [0.15, 0.2) is 24.3 Å². The predicted octanol–water partition coefficient (Wildman–Crippen LogP) is 2.31. The third-order valence-electron chi connectivity index (χ3n) is 3.48. The highest BCUT2D eigenvalue weighted by Crippen LogP contribution is 2.29. The molecule has 2 aromatic rings. The maximum Gasteiger partial charge on any atom is 0.345 e. The van der Waals surface area contributed by atoms with E-state index in [-0.39, 0.29) is 0 Å². The van der Waals surface area contributed by atoms with Gasteiger partial charge in [0.05, 0.1) is 13.2 Å². The number of thiophene rings is 1. The molecule has 1 aromatic heterocycles. The molecule has 0 bridgehead atoms. The summed E-state index contributed by atoms with van der Waals surface area (Å²) in [6.07, 6.45) is 0. The van der Waals surface area contributed by atoms with E-state index in [4.69, 9.17) is 14.6 Å². The van der Waals surface area contributed by atoms with E-state index < -0.39 is 5.97 Å². The fraction of sp³-hybridized carbons (Fsp3) is 0.400. The van der Waals surface area contributed by atoms with Crippen LogP contribution in [0.5, 0.6) is 5.75 Å². The molecule has 1 aromatic carbocycles. The highest BCUT2D eigenvalue weighted by Gasteiger charge is 2.11. The average molecular weight is 307 g/mol. The molecular weight excluding hydrogens is 290 g/mol. The number of carbonyl (C=O) groups is 1. The minimum atomic E-state index is -0.883. The number of carboxylic acid groups (broad SMARTS) is 1. The highest BCUT2D eigenvalue weighted by atomic mass is 32.1. The minimum Gasteiger partial charge on any atom is -0.492 e. The smallest absolute Gasteiger partial charge is 0.345 e. The van der Waals surface area contributed by atoms with Gasteiger partial charge < -0.3 is 14.6 Å². The number of carboxylic acids is 1. The zero-order valence-electron chi connectivity index (χ0n) is 11.6. The lowest BCUT2D eigenvalue weighted by Gasteiger charge is -2.26. The molecule has 0 unspecified atom stereocenters. The molecule has 0 atom stereocenters. The van der Waals surface area contributed by atoms with Crippen molar-refractivity contribution >= 4 is 27.4 Å². The Morgan fingerprint density at radius 3 is 2.90 bits per heavy atom. The molecule has 1 aliphatic rings. The predicted molar refractivity (Wildman–Crippen MR) is 81.5 cm³/mol. The summed E-state index contributed by atoms with van der Waals surface area (Å²) in [5, 5.41) is 9.92. The van der Waals surface area contributed by atoms with Crippen molar-refractivity contribution in [2.24, 2.45) is 0 Å². The first-order valence-electron chi connectivity index (χ1n) is 6.92. The summed E-state index contributed by atoms with van der Waals surface area (Å²) in [6, 6.07) is 7.40. The summed E-state index contributed by atoms with van der Waals surface area (Å²) < 4.78 is 12.0. The van der Waals surface area contributed by atoms with Crippen LogP contribution >= 0.6 is 11.3 Å². The third kappa shape index (κ3) is 3.53. The van der Waals surface area contributed by atoms with Crippen LogP contribution in [0, 0.1) is 0 Å². The van der Waals surface area contributed by atoms with E-state index in [1.807, 2.05) is 18.2 Å². The molecule has 0 radical (unpaired) electrons. The SMILES string of the molecule is O=C(O)c1cc2cc(OCCN3CCOCC3)ccc2s1. The molecule has 5 nitrogen and oxygen atoms in total. The number of aromatic carboxylic acids is 1. The second kappa shape index (κ2) is 6.43. The van der Waals surface area contributed by atoms with E-state index in [1.54, 1.807) is 6.07 Å². The van der Waals surface area contributed by atoms with Crippen molar-refractivity contribution in [1.29, 1.82) is 0 Å². The van der Waals surface area contributed by atoms with Crippen molar-refractivity contribution in [3.8, 4) is 5.75 Å². The van der Waals surface area contributed by atoms with Crippen LogP contribution < -0.4 is 4.74 Å². The average Bonchev–Trinajstić information content (AvgIpc) is 2.92. The van der Waals surface area contributed by atoms with E-state index in [9.17, 15) is 4.79 Å². The van der Waals surface area contributed by atoms with Crippen molar-refractivity contribution in [3.63, 3.8) is 0 Å². The Bertz CT molecular complexity index is 634. The van der Waals surface area contributed by atoms with Crippen molar-refractivity contribution in [2.75, 3.05) is 39.5 Å². The quantitative estimate of drug-likeness (QED) is 0.918. The van der Waals surface area contributed by atoms with Gasteiger partial charge in [0.1, 0.15) is 17.2 Å². The van der Waals surface area contributed by atoms with E-state index in [0.717, 1.165) is 48.7 Å². The van der Waals surface area contributed by atoms with Crippen molar-refractivity contribution < 1.29 is 19.4 Å². The van der Waals surface area contributed by atoms with Gasteiger partial charge in [-0.2, -0.15) is 0 Å². The zero-order chi connectivity index (χ0) is 14.7. The zero-order valence-corrected chi connectivity index (χ0v) is 12.4. The number of hydrogen-bond donors (Lipinski definition) is 1. The number of fused-ring (bicyclic) bond motifs is 1. The lowest BCUT2D eigenvalue weighted by atomic mass is 10.2. The Balaban J connectivity index is 1.60. The maximum absolute atomic E-state index is 11.0. The fourth-order valence-corrected chi connectivity index (χ4v) is 3.22. The molecule has 0 amide bonds. The summed E-state index contributed by atoms with van der Waals surface area (Å²) in [5.41, 5.74) is 0. The van der Waals surface area contributed by atoms with Gasteiger partial charge >= 0.3 is 5.97 Å². The number of benzene rings is 1. The van der Waals surface area contributed by atoms with Crippen molar-refractivity contribution in [2.45, 2.75) is 0 Å². The van der Waals surface area contributed by atoms with Crippen LogP contribution in [0.1, 0.15) is 9.67 Å². The summed E-state index contributed by atoms with van der Waals surface area (Å²) in [7, 11) is 0. The molecular formula is C15H17NO4S. The number of ether oxygens (including phenoxy) is 2. The standard InChI is InChI=1S/C15H17NO4S/c17-15(18)14-10-11-9-12(1-2-13(11)21-14)20-8-5-16-3-6-19-7-4-16/h1-2,9-10H,3-8H2,(H,17,18). The summed E-state index contributed by atoms with van der Waals surface area (Å²) >= 11 is 1.28. The Morgan fingerprint density at radius 2 is 2.14 bits per heavy atom. The van der Waals surface area contributed by atoms with Gasteiger partial charge in [0.25, 0.3) is 0 Å². The molecule has 0 aliphatic carbocycles. The van der Waals surface area contributed by atoms with E-state index >= 15 is 0 Å². The van der Waals surface area contributed by atoms with Crippen LogP contribution in [0.2, 0.25) is 0 Å². The first-order valence-corrected chi connectivity index (χ1v) is 7.74. The Kier molecular flexibility index (Phi) is 4.38. The van der Waals surface area contributed by atoms with Crippen molar-refractivity contribution in [3.05, 3.63) is 29.1 Å². The normalized spacial score (nSPS) is 16.2. The summed E-state index contributed by atoms with van der Waals surface area (Å²) in [4.78, 5) is 13.6. The monoisotopic (exact) mass is 307 g/mol. The van der Waals surface area contributed by atoms with E-state index in [0.29, 0.717) is 11.5 Å². The van der Waals surface area contributed by atoms with Crippen molar-refractivity contribution in [1.82, 2.24) is 4.90 Å². The lowest BCUT2D eigenvalue weighted by Crippen LogP contribution is -2.38. The first-order chi connectivity index (χ1) is 10.2. The number of rotatable bonds is 5. The minimum absolute atomic E-state index is 0.357. The Morgan fingerprint density at radius 1 is 1.33 bits per heavy atom. The largest absolute Gasteiger partial charge is 0.492 e. The summed E-state index contributed by atoms with van der Waals surface area (Å²) in [5.74, 6) is -0.100. The van der Waals surface area contributed by atoms with Gasteiger partial charge in [-0.25, -0.2) is 4.79 Å². The molecule has 6 heteroatoms. The second-order valence-corrected chi connectivity index (χ2v) is 6.00. The van der Waals surface area contributed by atoms with E-state index in [2.05, 4.69) is 4.90 Å². The van der Waals surface area contributed by atoms with Gasteiger partial charge in [-0.3, -0.25) is 4.90 Å². The third-order valence-corrected chi connectivity index (χ3v) is 4.58. The summed E-state index contributed by atoms with van der Waals surface area (Å²) in [6.45, 7) is 4.99. The molecule has 2 heterocycles. The molecule has 1 N–H and O–H groups in total. The Labute approximate surface area is 126 Å². The van der Waals surface area contributed by atoms with Crippen LogP contribution in [-0.2, 0) is 4.74 Å². The van der Waals surface area contributed by atoms with Gasteiger partial charge in [-0.05, 0) is 29.7 Å². The topological polar surface area (TPSA) is 59.0 Å². The highest BCUT2D eigenvalue weighted by molar-refractivity contribution is 7.20. The number of nitrogens with zero attached hydrogens (tertiary/aromatic N) is 1. The van der Waals surface area contributed by atoms with Crippen LogP contribution in [0.25, 0.3) is 10.1 Å². The van der Waals surface area contributed by atoms with Gasteiger partial charge in [-0.15, -0.1) is 11.3 Å². The molecule has 0 saturated carbocycles. The Hall–Kier alpha value is -1.63. The fourth-order valence-electron chi connectivity index (χ4n) is 2.33. The van der Waals surface area contributed by atoms with Gasteiger partial charge in [0, 0.05) is 24.3 Å². The van der Waals surface area contributed by atoms with Crippen LogP contribution in [-0.4, -0.2) is 55.4 Å².